The maximum absolute atomic E-state index is 13.2. The second-order valence-electron chi connectivity index (χ2n) is 5.88. The molecular weight excluding hydrogens is 399 g/mol. The average molecular weight is 414 g/mol. The number of hydrogen-bond acceptors (Lipinski definition) is 7. The van der Waals surface area contributed by atoms with E-state index in [0.717, 1.165) is 28.9 Å². The Kier molecular flexibility index (Phi) is 5.72. The lowest BCUT2D eigenvalue weighted by Crippen LogP contribution is -2.26. The Morgan fingerprint density at radius 2 is 1.77 bits per heavy atom. The summed E-state index contributed by atoms with van der Waals surface area (Å²) in [4.78, 5) is 35.6. The summed E-state index contributed by atoms with van der Waals surface area (Å²) in [6.45, 7) is 0. The fraction of sp³-hybridized carbons (Fsp3) is 0.105. The third-order valence-corrected chi connectivity index (χ3v) is 4.04. The van der Waals surface area contributed by atoms with E-state index in [1.807, 2.05) is 0 Å². The molecule has 0 saturated carbocycles. The lowest BCUT2D eigenvalue weighted by Gasteiger charge is -2.13. The zero-order valence-corrected chi connectivity index (χ0v) is 15.8. The van der Waals surface area contributed by atoms with Crippen LogP contribution in [-0.4, -0.2) is 34.8 Å². The van der Waals surface area contributed by atoms with E-state index in [1.165, 1.54) is 38.5 Å². The van der Waals surface area contributed by atoms with Crippen molar-refractivity contribution in [2.75, 3.05) is 19.5 Å². The van der Waals surface area contributed by atoms with Gasteiger partial charge in [0.25, 0.3) is 17.2 Å². The quantitative estimate of drug-likeness (QED) is 0.485. The third-order valence-electron chi connectivity index (χ3n) is 4.04. The number of nitrogens with zero attached hydrogens (tertiary/aromatic N) is 3. The first-order chi connectivity index (χ1) is 14.3. The van der Waals surface area contributed by atoms with E-state index in [2.05, 4.69) is 10.4 Å². The number of aromatic nitrogens is 2. The molecule has 0 spiro atoms. The molecule has 1 amide bonds. The molecule has 0 aliphatic rings. The minimum atomic E-state index is -0.804. The lowest BCUT2D eigenvalue weighted by atomic mass is 10.2. The molecule has 0 atom stereocenters. The Bertz CT molecular complexity index is 1180. The van der Waals surface area contributed by atoms with Crippen LogP contribution in [0.5, 0.6) is 11.5 Å². The summed E-state index contributed by atoms with van der Waals surface area (Å²) in [6.07, 6.45) is 0. The van der Waals surface area contributed by atoms with Gasteiger partial charge in [-0.3, -0.25) is 19.7 Å². The maximum atomic E-state index is 13.2. The molecule has 0 aliphatic heterocycles. The normalized spacial score (nSPS) is 10.4. The largest absolute Gasteiger partial charge is 0.495 e. The zero-order valence-electron chi connectivity index (χ0n) is 15.8. The van der Waals surface area contributed by atoms with Gasteiger partial charge in [-0.15, -0.1) is 0 Å². The number of methoxy groups -OCH3 is 2. The predicted molar refractivity (Wildman–Crippen MR) is 104 cm³/mol. The molecule has 30 heavy (non-hydrogen) atoms. The number of ether oxygens (including phenoxy) is 2. The molecule has 11 heteroatoms. The van der Waals surface area contributed by atoms with Crippen molar-refractivity contribution in [3.63, 3.8) is 0 Å². The second-order valence-corrected chi connectivity index (χ2v) is 5.88. The van der Waals surface area contributed by atoms with E-state index in [0.29, 0.717) is 0 Å². The number of benzene rings is 2. The van der Waals surface area contributed by atoms with E-state index in [4.69, 9.17) is 9.47 Å². The van der Waals surface area contributed by atoms with Crippen molar-refractivity contribution in [2.24, 2.45) is 0 Å². The fourth-order valence-corrected chi connectivity index (χ4v) is 2.61. The van der Waals surface area contributed by atoms with Crippen LogP contribution in [0.25, 0.3) is 5.69 Å². The summed E-state index contributed by atoms with van der Waals surface area (Å²) in [5, 5.41) is 17.5. The van der Waals surface area contributed by atoms with Crippen molar-refractivity contribution < 1.29 is 23.6 Å². The molecule has 1 N–H and O–H groups in total. The van der Waals surface area contributed by atoms with Crippen LogP contribution in [0.1, 0.15) is 10.5 Å². The molecule has 0 fully saturated rings. The van der Waals surface area contributed by atoms with Crippen LogP contribution in [0.4, 0.5) is 15.8 Å². The van der Waals surface area contributed by atoms with Crippen LogP contribution >= 0.6 is 0 Å². The molecule has 0 aliphatic carbocycles. The Morgan fingerprint density at radius 3 is 2.37 bits per heavy atom. The number of amides is 1. The van der Waals surface area contributed by atoms with E-state index >= 15 is 0 Å². The third kappa shape index (κ3) is 4.09. The van der Waals surface area contributed by atoms with Crippen molar-refractivity contribution in [2.45, 2.75) is 0 Å². The molecule has 1 aromatic heterocycles. The van der Waals surface area contributed by atoms with E-state index in [9.17, 15) is 24.1 Å². The molecular formula is C19H15FN4O6. The Balaban J connectivity index is 2.04. The minimum Gasteiger partial charge on any atom is -0.495 e. The van der Waals surface area contributed by atoms with Gasteiger partial charge in [0.05, 0.1) is 36.6 Å². The van der Waals surface area contributed by atoms with Gasteiger partial charge in [-0.1, -0.05) is 0 Å². The molecule has 0 unspecified atom stereocenters. The molecule has 154 valence electrons. The van der Waals surface area contributed by atoms with Gasteiger partial charge in [-0.05, 0) is 30.3 Å². The van der Waals surface area contributed by atoms with Crippen molar-refractivity contribution in [1.29, 1.82) is 0 Å². The van der Waals surface area contributed by atoms with Crippen molar-refractivity contribution in [3.8, 4) is 17.2 Å². The summed E-state index contributed by atoms with van der Waals surface area (Å²) in [5.74, 6) is -1.24. The van der Waals surface area contributed by atoms with E-state index < -0.39 is 22.2 Å². The molecule has 0 saturated heterocycles. The molecule has 3 rings (SSSR count). The first-order valence-electron chi connectivity index (χ1n) is 8.42. The standard InChI is InChI=1S/C19H15FN4O6/c1-29-15-8-7-13(24(27)28)9-14(15)21-19(26)18-16(30-2)10-17(25)23(22-18)12-5-3-11(20)4-6-12/h3-10H,1-2H3,(H,21,26). The lowest BCUT2D eigenvalue weighted by molar-refractivity contribution is -0.384. The molecule has 3 aromatic rings. The SMILES string of the molecule is COc1ccc([N+](=O)[O-])cc1NC(=O)c1nn(-c2ccc(F)cc2)c(=O)cc1OC. The van der Waals surface area contributed by atoms with Gasteiger partial charge in [0, 0.05) is 12.1 Å². The molecule has 0 radical (unpaired) electrons. The molecule has 1 heterocycles. The molecule has 0 bridgehead atoms. The van der Waals surface area contributed by atoms with E-state index in [1.54, 1.807) is 0 Å². The summed E-state index contributed by atoms with van der Waals surface area (Å²) < 4.78 is 24.3. The maximum Gasteiger partial charge on any atom is 0.280 e. The topological polar surface area (TPSA) is 126 Å². The molecule has 2 aromatic carbocycles. The number of nitro groups is 1. The van der Waals surface area contributed by atoms with Crippen LogP contribution < -0.4 is 20.3 Å². The first kappa shape index (κ1) is 20.5. The summed E-state index contributed by atoms with van der Waals surface area (Å²) >= 11 is 0. The van der Waals surface area contributed by atoms with Gasteiger partial charge in [0.1, 0.15) is 11.6 Å². The second kappa shape index (κ2) is 8.39. The zero-order chi connectivity index (χ0) is 21.8. The van der Waals surface area contributed by atoms with Gasteiger partial charge in [-0.2, -0.15) is 9.78 Å². The van der Waals surface area contributed by atoms with Crippen LogP contribution in [-0.2, 0) is 0 Å². The molecule has 10 nitrogen and oxygen atoms in total. The number of carbonyl (C=O) groups excluding carboxylic acids is 1. The number of halogens is 1. The number of nitro benzene ring substituents is 1. The summed E-state index contributed by atoms with van der Waals surface area (Å²) in [7, 11) is 2.59. The Labute approximate surface area is 168 Å². The van der Waals surface area contributed by atoms with Crippen molar-refractivity contribution in [1.82, 2.24) is 9.78 Å². The van der Waals surface area contributed by atoms with Crippen molar-refractivity contribution in [3.05, 3.63) is 80.5 Å². The minimum absolute atomic E-state index is 0.0279. The monoisotopic (exact) mass is 414 g/mol. The van der Waals surface area contributed by atoms with Gasteiger partial charge in [0.15, 0.2) is 11.4 Å². The Hall–Kier alpha value is -4.28. The number of hydrogen-bond donors (Lipinski definition) is 1. The first-order valence-corrected chi connectivity index (χ1v) is 8.42. The van der Waals surface area contributed by atoms with Gasteiger partial charge in [0.2, 0.25) is 0 Å². The van der Waals surface area contributed by atoms with Gasteiger partial charge >= 0.3 is 0 Å². The highest BCUT2D eigenvalue weighted by Gasteiger charge is 2.21. The van der Waals surface area contributed by atoms with Gasteiger partial charge < -0.3 is 14.8 Å². The number of rotatable bonds is 6. The fourth-order valence-electron chi connectivity index (χ4n) is 2.61. The Morgan fingerprint density at radius 1 is 1.10 bits per heavy atom. The highest BCUT2D eigenvalue weighted by molar-refractivity contribution is 6.05. The van der Waals surface area contributed by atoms with Crippen molar-refractivity contribution >= 4 is 17.3 Å². The summed E-state index contributed by atoms with van der Waals surface area (Å²) in [5.41, 5.74) is -0.883. The summed E-state index contributed by atoms with van der Waals surface area (Å²) in [6, 6.07) is 9.65. The van der Waals surface area contributed by atoms with Crippen LogP contribution in [0.3, 0.4) is 0 Å². The smallest absolute Gasteiger partial charge is 0.280 e. The van der Waals surface area contributed by atoms with Crippen LogP contribution in [0.15, 0.2) is 53.3 Å². The number of nitrogens with one attached hydrogen (secondary N) is 1. The number of non-ortho nitro benzene ring substituents is 1. The highest BCUT2D eigenvalue weighted by atomic mass is 19.1. The number of carbonyl (C=O) groups is 1. The van der Waals surface area contributed by atoms with E-state index in [-0.39, 0.29) is 34.3 Å². The number of anilines is 1. The van der Waals surface area contributed by atoms with Crippen LogP contribution in [0.2, 0.25) is 0 Å². The average Bonchev–Trinajstić information content (AvgIpc) is 2.74. The highest BCUT2D eigenvalue weighted by Crippen LogP contribution is 2.29. The van der Waals surface area contributed by atoms with Crippen LogP contribution in [0, 0.1) is 15.9 Å². The predicted octanol–water partition coefficient (Wildman–Crippen LogP) is 2.55. The van der Waals surface area contributed by atoms with Gasteiger partial charge in [-0.25, -0.2) is 4.39 Å².